The number of hydrogen-bond donors (Lipinski definition) is 1. The lowest BCUT2D eigenvalue weighted by atomic mass is 9.88. The maximum Gasteiger partial charge on any atom is 0.256 e. The van der Waals surface area contributed by atoms with Crippen LogP contribution in [0.1, 0.15) is 48.7 Å². The number of nitrogens with one attached hydrogen (secondary N) is 1. The predicted octanol–water partition coefficient (Wildman–Crippen LogP) is 3.82. The van der Waals surface area contributed by atoms with Crippen LogP contribution < -0.4 is 5.32 Å². The number of ether oxygens (including phenoxy) is 1. The van der Waals surface area contributed by atoms with E-state index in [0.717, 1.165) is 24.3 Å². The lowest BCUT2D eigenvalue weighted by Crippen LogP contribution is -2.56. The third-order valence-electron chi connectivity index (χ3n) is 6.85. The number of morpholine rings is 1. The first-order valence-corrected chi connectivity index (χ1v) is 11.9. The minimum absolute atomic E-state index is 0.0815. The number of likely N-dealkylation sites (tertiary alicyclic amines) is 1. The van der Waals surface area contributed by atoms with Gasteiger partial charge in [0.2, 0.25) is 5.91 Å². The molecule has 2 fully saturated rings. The fourth-order valence-electron chi connectivity index (χ4n) is 4.96. The van der Waals surface area contributed by atoms with Crippen LogP contribution in [0.15, 0.2) is 36.4 Å². The number of halogens is 4. The quantitative estimate of drug-likeness (QED) is 0.604. The van der Waals surface area contributed by atoms with Crippen molar-refractivity contribution in [2.24, 2.45) is 0 Å². The van der Waals surface area contributed by atoms with E-state index in [9.17, 15) is 27.2 Å². The molecule has 0 aromatic heterocycles. The van der Waals surface area contributed by atoms with Gasteiger partial charge >= 0.3 is 0 Å². The molecule has 2 saturated heterocycles. The highest BCUT2D eigenvalue weighted by Gasteiger charge is 2.43. The van der Waals surface area contributed by atoms with Gasteiger partial charge in [0.25, 0.3) is 5.91 Å². The van der Waals surface area contributed by atoms with E-state index in [1.807, 2.05) is 13.8 Å². The Labute approximate surface area is 207 Å². The molecule has 2 aromatic rings. The molecule has 6 nitrogen and oxygen atoms in total. The number of amides is 2. The Balaban J connectivity index is 1.34. The number of carbonyl (C=O) groups excluding carboxylic acids is 2. The van der Waals surface area contributed by atoms with E-state index in [4.69, 9.17) is 4.74 Å². The Hall–Kier alpha value is -2.98. The second-order valence-electron chi connectivity index (χ2n) is 9.70. The monoisotopic (exact) mass is 507 g/mol. The zero-order valence-electron chi connectivity index (χ0n) is 20.2. The van der Waals surface area contributed by atoms with Crippen molar-refractivity contribution in [3.05, 3.63) is 70.8 Å². The normalized spacial score (nSPS) is 20.6. The first-order valence-electron chi connectivity index (χ1n) is 11.9. The van der Waals surface area contributed by atoms with Gasteiger partial charge < -0.3 is 19.9 Å². The molecule has 0 saturated carbocycles. The smallest absolute Gasteiger partial charge is 0.256 e. The van der Waals surface area contributed by atoms with Crippen LogP contribution in [0.5, 0.6) is 0 Å². The van der Waals surface area contributed by atoms with Gasteiger partial charge in [-0.25, -0.2) is 17.6 Å². The number of piperidine rings is 1. The van der Waals surface area contributed by atoms with Gasteiger partial charge in [-0.3, -0.25) is 9.59 Å². The summed E-state index contributed by atoms with van der Waals surface area (Å²) in [6, 6.07) is 6.00. The molecule has 2 amide bonds. The number of rotatable bonds is 6. The molecule has 10 heteroatoms. The summed E-state index contributed by atoms with van der Waals surface area (Å²) in [6.45, 7) is 5.11. The van der Waals surface area contributed by atoms with Gasteiger partial charge in [0, 0.05) is 38.3 Å². The van der Waals surface area contributed by atoms with Crippen molar-refractivity contribution in [3.63, 3.8) is 0 Å². The van der Waals surface area contributed by atoms with Crippen LogP contribution in [0.2, 0.25) is 0 Å². The lowest BCUT2D eigenvalue weighted by molar-refractivity contribution is -0.172. The summed E-state index contributed by atoms with van der Waals surface area (Å²) in [7, 11) is 0. The summed E-state index contributed by atoms with van der Waals surface area (Å²) in [4.78, 5) is 28.5. The molecular weight excluding hydrogens is 478 g/mol. The van der Waals surface area contributed by atoms with Gasteiger partial charge in [-0.05, 0) is 56.5 Å². The van der Waals surface area contributed by atoms with Crippen LogP contribution in [-0.2, 0) is 9.53 Å². The van der Waals surface area contributed by atoms with Gasteiger partial charge in [-0.2, -0.15) is 0 Å². The van der Waals surface area contributed by atoms with Gasteiger partial charge in [0.15, 0.2) is 11.6 Å². The van der Waals surface area contributed by atoms with Crippen molar-refractivity contribution in [2.75, 3.05) is 32.8 Å². The van der Waals surface area contributed by atoms with Crippen molar-refractivity contribution in [3.8, 4) is 0 Å². The number of carbonyl (C=O) groups is 2. The number of nitrogens with zero attached hydrogens (tertiary/aromatic N) is 2. The molecular formula is C26H29F4N3O3. The van der Waals surface area contributed by atoms with Crippen LogP contribution in [-0.4, -0.2) is 66.0 Å². The van der Waals surface area contributed by atoms with E-state index in [1.165, 1.54) is 6.07 Å². The average Bonchev–Trinajstić information content (AvgIpc) is 2.83. The first-order chi connectivity index (χ1) is 17.1. The fourth-order valence-corrected chi connectivity index (χ4v) is 4.96. The largest absolute Gasteiger partial charge is 0.363 e. The van der Waals surface area contributed by atoms with Crippen molar-refractivity contribution >= 4 is 11.8 Å². The van der Waals surface area contributed by atoms with Gasteiger partial charge in [0.05, 0.1) is 17.2 Å². The van der Waals surface area contributed by atoms with Crippen LogP contribution in [0.25, 0.3) is 0 Å². The average molecular weight is 508 g/mol. The molecule has 0 aliphatic carbocycles. The van der Waals surface area contributed by atoms with E-state index in [0.29, 0.717) is 50.7 Å². The van der Waals surface area contributed by atoms with E-state index in [1.54, 1.807) is 9.80 Å². The SMILES string of the molecule is CC1(C)OCC(=O)N(CCNC2CCN(C(=O)c3ccc(F)cc3F)CC2)C1c1ccc(F)c(F)c1. The minimum Gasteiger partial charge on any atom is -0.363 e. The minimum atomic E-state index is -0.985. The molecule has 0 spiro atoms. The summed E-state index contributed by atoms with van der Waals surface area (Å²) in [5, 5.41) is 3.40. The molecule has 194 valence electrons. The molecule has 36 heavy (non-hydrogen) atoms. The summed E-state index contributed by atoms with van der Waals surface area (Å²) in [6.07, 6.45) is 1.26. The second-order valence-corrected chi connectivity index (χ2v) is 9.70. The Morgan fingerprint density at radius 2 is 1.75 bits per heavy atom. The first kappa shape index (κ1) is 26.1. The molecule has 2 aliphatic rings. The Morgan fingerprint density at radius 3 is 2.42 bits per heavy atom. The van der Waals surface area contributed by atoms with Crippen molar-refractivity contribution in [1.29, 1.82) is 0 Å². The van der Waals surface area contributed by atoms with Crippen LogP contribution in [0.3, 0.4) is 0 Å². The van der Waals surface area contributed by atoms with Gasteiger partial charge in [-0.15, -0.1) is 0 Å². The Morgan fingerprint density at radius 1 is 1.03 bits per heavy atom. The molecule has 0 radical (unpaired) electrons. The Kier molecular flexibility index (Phi) is 7.65. The highest BCUT2D eigenvalue weighted by Crippen LogP contribution is 2.38. The van der Waals surface area contributed by atoms with Gasteiger partial charge in [0.1, 0.15) is 18.2 Å². The highest BCUT2D eigenvalue weighted by molar-refractivity contribution is 5.94. The van der Waals surface area contributed by atoms with Crippen LogP contribution >= 0.6 is 0 Å². The van der Waals surface area contributed by atoms with E-state index < -0.39 is 40.8 Å². The fraction of sp³-hybridized carbons (Fsp3) is 0.462. The highest BCUT2D eigenvalue weighted by atomic mass is 19.2. The summed E-state index contributed by atoms with van der Waals surface area (Å²) < 4.78 is 60.3. The van der Waals surface area contributed by atoms with Crippen LogP contribution in [0.4, 0.5) is 17.6 Å². The summed E-state index contributed by atoms with van der Waals surface area (Å²) in [5.74, 6) is -4.27. The van der Waals surface area contributed by atoms with Gasteiger partial charge in [-0.1, -0.05) is 6.07 Å². The Bertz CT molecular complexity index is 1140. The molecule has 2 aliphatic heterocycles. The van der Waals surface area contributed by atoms with Crippen molar-refractivity contribution in [1.82, 2.24) is 15.1 Å². The van der Waals surface area contributed by atoms with Crippen LogP contribution in [0, 0.1) is 23.3 Å². The third kappa shape index (κ3) is 5.54. The zero-order valence-corrected chi connectivity index (χ0v) is 20.2. The molecule has 1 unspecified atom stereocenters. The lowest BCUT2D eigenvalue weighted by Gasteiger charge is -2.46. The second kappa shape index (κ2) is 10.6. The summed E-state index contributed by atoms with van der Waals surface area (Å²) in [5.41, 5.74) is -0.509. The summed E-state index contributed by atoms with van der Waals surface area (Å²) >= 11 is 0. The topological polar surface area (TPSA) is 61.9 Å². The molecule has 2 heterocycles. The van der Waals surface area contributed by atoms with Crippen molar-refractivity contribution < 1.29 is 31.9 Å². The van der Waals surface area contributed by atoms with Crippen molar-refractivity contribution in [2.45, 2.75) is 44.4 Å². The molecule has 1 atom stereocenters. The maximum absolute atomic E-state index is 14.0. The predicted molar refractivity (Wildman–Crippen MR) is 124 cm³/mol. The third-order valence-corrected chi connectivity index (χ3v) is 6.85. The molecule has 1 N–H and O–H groups in total. The number of benzene rings is 2. The molecule has 4 rings (SSSR count). The standard InChI is InChI=1S/C26H29F4N3O3/c1-26(2)24(16-3-6-20(28)22(30)13-16)33(23(34)15-36-26)12-9-31-18-7-10-32(11-8-18)25(35)19-5-4-17(27)14-21(19)29/h3-6,13-14,18,24,31H,7-12,15H2,1-2H3. The molecule has 0 bridgehead atoms. The molecule has 2 aromatic carbocycles. The zero-order chi connectivity index (χ0) is 26.0. The van der Waals surface area contributed by atoms with E-state index in [2.05, 4.69) is 5.32 Å². The number of hydrogen-bond acceptors (Lipinski definition) is 4. The maximum atomic E-state index is 14.0. The van der Waals surface area contributed by atoms with E-state index >= 15 is 0 Å². The van der Waals surface area contributed by atoms with E-state index in [-0.39, 0.29) is 24.1 Å².